The monoisotopic (exact) mass is 677 g/mol. The van der Waals surface area contributed by atoms with E-state index in [2.05, 4.69) is 163 Å². The third-order valence-corrected chi connectivity index (χ3v) is 9.94. The van der Waals surface area contributed by atoms with Gasteiger partial charge >= 0.3 is 0 Å². The van der Waals surface area contributed by atoms with Gasteiger partial charge in [-0.3, -0.25) is 4.98 Å². The van der Waals surface area contributed by atoms with Crippen LogP contribution in [0.3, 0.4) is 0 Å². The summed E-state index contributed by atoms with van der Waals surface area (Å²) in [4.78, 5) is 11.3. The summed E-state index contributed by atoms with van der Waals surface area (Å²) in [6, 6.07) is 61.4. The van der Waals surface area contributed by atoms with E-state index >= 15 is 0 Å². The van der Waals surface area contributed by atoms with E-state index in [1.165, 1.54) is 22.3 Å². The second-order valence-corrected chi connectivity index (χ2v) is 13.2. The molecule has 248 valence electrons. The molecule has 5 nitrogen and oxygen atoms in total. The Labute approximate surface area is 306 Å². The van der Waals surface area contributed by atoms with E-state index in [4.69, 9.17) is 15.2 Å². The Morgan fingerprint density at radius 3 is 1.74 bits per heavy atom. The van der Waals surface area contributed by atoms with Crippen LogP contribution in [-0.2, 0) is 0 Å². The zero-order chi connectivity index (χ0) is 35.1. The van der Waals surface area contributed by atoms with Crippen LogP contribution >= 0.6 is 0 Å². The summed E-state index contributed by atoms with van der Waals surface area (Å²) in [7, 11) is 0. The molecule has 0 radical (unpaired) electrons. The number of benzene rings is 7. The average molecular weight is 678 g/mol. The van der Waals surface area contributed by atoms with Crippen molar-refractivity contribution in [2.75, 3.05) is 0 Å². The number of pyridine rings is 2. The number of hydrogen-bond donors (Lipinski definition) is 0. The lowest BCUT2D eigenvalue weighted by Gasteiger charge is -2.13. The lowest BCUT2D eigenvalue weighted by molar-refractivity contribution is 0.766. The molecule has 7 aromatic carbocycles. The molecule has 0 aliphatic rings. The quantitative estimate of drug-likeness (QED) is 0.176. The Kier molecular flexibility index (Phi) is 7.40. The van der Waals surface area contributed by atoms with Gasteiger partial charge in [-0.1, -0.05) is 127 Å². The fraction of sp³-hybridized carbons (Fsp3) is 0. The van der Waals surface area contributed by atoms with E-state index < -0.39 is 0 Å². The van der Waals surface area contributed by atoms with Gasteiger partial charge in [-0.05, 0) is 92.7 Å². The molecular formula is C48H31N5. The van der Waals surface area contributed by atoms with Crippen LogP contribution in [0, 0.1) is 0 Å². The number of aromatic nitrogens is 5. The zero-order valence-corrected chi connectivity index (χ0v) is 28.6. The molecule has 0 saturated heterocycles. The van der Waals surface area contributed by atoms with Gasteiger partial charge in [-0.25, -0.2) is 4.98 Å². The summed E-state index contributed by atoms with van der Waals surface area (Å²) in [6.45, 7) is 0. The molecular weight excluding hydrogens is 647 g/mol. The highest BCUT2D eigenvalue weighted by Crippen LogP contribution is 2.38. The Morgan fingerprint density at radius 1 is 0.377 bits per heavy atom. The summed E-state index contributed by atoms with van der Waals surface area (Å²) in [6.07, 6.45) is 3.78. The van der Waals surface area contributed by atoms with E-state index in [1.54, 1.807) is 4.80 Å². The predicted molar refractivity (Wildman–Crippen MR) is 217 cm³/mol. The summed E-state index contributed by atoms with van der Waals surface area (Å²) >= 11 is 0. The van der Waals surface area contributed by atoms with E-state index in [0.29, 0.717) is 0 Å². The van der Waals surface area contributed by atoms with Gasteiger partial charge in [0.15, 0.2) is 0 Å². The van der Waals surface area contributed by atoms with Crippen molar-refractivity contribution >= 4 is 32.6 Å². The van der Waals surface area contributed by atoms with Crippen LogP contribution in [0.25, 0.3) is 94.2 Å². The van der Waals surface area contributed by atoms with Gasteiger partial charge in [0.1, 0.15) is 11.0 Å². The highest BCUT2D eigenvalue weighted by Gasteiger charge is 2.16. The van der Waals surface area contributed by atoms with Crippen molar-refractivity contribution in [3.8, 4) is 61.6 Å². The maximum Gasteiger partial charge on any atom is 0.121 e. The molecule has 0 spiro atoms. The molecule has 3 heterocycles. The largest absolute Gasteiger partial charge is 0.263 e. The van der Waals surface area contributed by atoms with Gasteiger partial charge in [0.2, 0.25) is 0 Å². The second kappa shape index (κ2) is 12.8. The van der Waals surface area contributed by atoms with Crippen molar-refractivity contribution in [3.63, 3.8) is 0 Å². The second-order valence-electron chi connectivity index (χ2n) is 13.2. The van der Waals surface area contributed by atoms with Crippen LogP contribution in [0.5, 0.6) is 0 Å². The zero-order valence-electron chi connectivity index (χ0n) is 28.6. The first kappa shape index (κ1) is 30.6. The molecule has 0 N–H and O–H groups in total. The third-order valence-electron chi connectivity index (χ3n) is 9.94. The van der Waals surface area contributed by atoms with Crippen LogP contribution < -0.4 is 0 Å². The first-order chi connectivity index (χ1) is 26.2. The fourth-order valence-electron chi connectivity index (χ4n) is 7.31. The minimum Gasteiger partial charge on any atom is -0.263 e. The minimum atomic E-state index is 0.840. The molecule has 0 aliphatic carbocycles. The summed E-state index contributed by atoms with van der Waals surface area (Å²) in [5.41, 5.74) is 13.4. The van der Waals surface area contributed by atoms with Crippen molar-refractivity contribution in [1.29, 1.82) is 0 Å². The van der Waals surface area contributed by atoms with E-state index in [1.807, 2.05) is 30.6 Å². The van der Waals surface area contributed by atoms with E-state index in [0.717, 1.165) is 71.9 Å². The molecule has 0 amide bonds. The van der Waals surface area contributed by atoms with E-state index in [9.17, 15) is 0 Å². The smallest absolute Gasteiger partial charge is 0.121 e. The first-order valence-electron chi connectivity index (χ1n) is 17.7. The minimum absolute atomic E-state index is 0.840. The maximum atomic E-state index is 5.05. The summed E-state index contributed by atoms with van der Waals surface area (Å²) in [5, 5.41) is 14.5. The first-order valence-corrected chi connectivity index (χ1v) is 17.7. The highest BCUT2D eigenvalue weighted by molar-refractivity contribution is 6.11. The van der Waals surface area contributed by atoms with Gasteiger partial charge in [-0.15, -0.1) is 10.2 Å². The Hall–Kier alpha value is -7.24. The predicted octanol–water partition coefficient (Wildman–Crippen LogP) is 11.9. The maximum absolute atomic E-state index is 5.05. The van der Waals surface area contributed by atoms with Crippen molar-refractivity contribution in [1.82, 2.24) is 25.0 Å². The van der Waals surface area contributed by atoms with Crippen molar-refractivity contribution in [2.45, 2.75) is 0 Å². The number of rotatable bonds is 6. The molecule has 5 heteroatoms. The topological polar surface area (TPSA) is 56.5 Å². The van der Waals surface area contributed by atoms with Crippen LogP contribution in [0.1, 0.15) is 0 Å². The number of fused-ring (bicyclic) bond motifs is 4. The van der Waals surface area contributed by atoms with Crippen LogP contribution in [0.2, 0.25) is 0 Å². The summed E-state index contributed by atoms with van der Waals surface area (Å²) in [5.74, 6) is 0. The van der Waals surface area contributed by atoms with Gasteiger partial charge in [0, 0.05) is 34.3 Å². The highest BCUT2D eigenvalue weighted by atomic mass is 15.5. The summed E-state index contributed by atoms with van der Waals surface area (Å²) < 4.78 is 0. The van der Waals surface area contributed by atoms with Crippen molar-refractivity contribution in [2.24, 2.45) is 0 Å². The standard InChI is InChI=1S/C48H31N5/c1-3-12-32(13-4-1)36-26-37(33-14-5-2-6-15-33)28-38(27-36)43-29-47-48(42-19-10-9-18-41(42)43)52-53(51-47)39-24-22-34(23-25-39)45-20-11-21-46(50-45)44-31-49-30-35-16-7-8-17-40(35)44/h1-31H. The van der Waals surface area contributed by atoms with Gasteiger partial charge < -0.3 is 0 Å². The lowest BCUT2D eigenvalue weighted by Crippen LogP contribution is -1.98. The lowest BCUT2D eigenvalue weighted by atomic mass is 9.91. The Balaban J connectivity index is 1.05. The molecule has 0 aliphatic heterocycles. The molecule has 53 heavy (non-hydrogen) atoms. The normalized spacial score (nSPS) is 11.4. The Morgan fingerprint density at radius 2 is 1.00 bits per heavy atom. The fourth-order valence-corrected chi connectivity index (χ4v) is 7.31. The van der Waals surface area contributed by atoms with Crippen LogP contribution in [-0.4, -0.2) is 25.0 Å². The molecule has 0 bridgehead atoms. The molecule has 0 unspecified atom stereocenters. The van der Waals surface area contributed by atoms with Gasteiger partial charge in [0.05, 0.1) is 17.1 Å². The third kappa shape index (κ3) is 5.61. The average Bonchev–Trinajstić information content (AvgIpc) is 3.69. The molecule has 0 fully saturated rings. The van der Waals surface area contributed by atoms with Crippen molar-refractivity contribution < 1.29 is 0 Å². The number of nitrogens with zero attached hydrogens (tertiary/aromatic N) is 5. The van der Waals surface area contributed by atoms with Gasteiger partial charge in [0.25, 0.3) is 0 Å². The molecule has 0 atom stereocenters. The Bertz CT molecular complexity index is 2870. The molecule has 10 aromatic rings. The van der Waals surface area contributed by atoms with Gasteiger partial charge in [-0.2, -0.15) is 4.80 Å². The molecule has 3 aromatic heterocycles. The van der Waals surface area contributed by atoms with Crippen LogP contribution in [0.4, 0.5) is 0 Å². The molecule has 0 saturated carbocycles. The SMILES string of the molecule is c1ccc(-c2cc(-c3ccccc3)cc(-c3cc4nn(-c5ccc(-c6cccc(-c7cncc8ccccc78)n6)cc5)nc4c4ccccc34)c2)cc1. The van der Waals surface area contributed by atoms with Crippen molar-refractivity contribution in [3.05, 3.63) is 188 Å². The number of hydrogen-bond acceptors (Lipinski definition) is 4. The van der Waals surface area contributed by atoms with Crippen LogP contribution in [0.15, 0.2) is 188 Å². The molecule has 10 rings (SSSR count). The van der Waals surface area contributed by atoms with E-state index in [-0.39, 0.29) is 0 Å².